The topological polar surface area (TPSA) is 105 Å². The van der Waals surface area contributed by atoms with Gasteiger partial charge in [-0.2, -0.15) is 0 Å². The molecule has 1 amide bonds. The first-order chi connectivity index (χ1) is 12.5. The van der Waals surface area contributed by atoms with Gasteiger partial charge in [0.15, 0.2) is 0 Å². The van der Waals surface area contributed by atoms with Crippen LogP contribution in [-0.4, -0.2) is 32.9 Å². The monoisotopic (exact) mass is 433 g/mol. The first-order valence-electron chi connectivity index (χ1n) is 7.37. The first kappa shape index (κ1) is 18.2. The summed E-state index contributed by atoms with van der Waals surface area (Å²) in [5.74, 6) is -0.814. The molecule has 0 saturated carbocycles. The second kappa shape index (κ2) is 8.15. The van der Waals surface area contributed by atoms with E-state index in [1.165, 1.54) is 24.3 Å². The molecule has 9 heteroatoms. The van der Waals surface area contributed by atoms with Crippen molar-refractivity contribution in [3.8, 4) is 11.5 Å². The summed E-state index contributed by atoms with van der Waals surface area (Å²) in [5, 5.41) is 19.7. The minimum atomic E-state index is -1.02. The molecule has 3 rings (SSSR count). The number of nitrogens with zero attached hydrogens (tertiary/aromatic N) is 2. The SMILES string of the molecule is O=C(CSc1nnc(-c2ccc(Br)cc2)o1)Nc1ccc(C(=O)O)cc1. The fourth-order valence-electron chi connectivity index (χ4n) is 2.00. The predicted molar refractivity (Wildman–Crippen MR) is 100 cm³/mol. The molecule has 1 heterocycles. The van der Waals surface area contributed by atoms with Gasteiger partial charge in [-0.15, -0.1) is 10.2 Å². The van der Waals surface area contributed by atoms with Gasteiger partial charge in [-0.25, -0.2) is 4.79 Å². The van der Waals surface area contributed by atoms with Crippen LogP contribution in [-0.2, 0) is 4.79 Å². The van der Waals surface area contributed by atoms with Crippen LogP contribution in [0.1, 0.15) is 10.4 Å². The fourth-order valence-corrected chi connectivity index (χ4v) is 2.83. The molecular weight excluding hydrogens is 422 g/mol. The van der Waals surface area contributed by atoms with E-state index in [1.807, 2.05) is 24.3 Å². The number of carbonyl (C=O) groups excluding carboxylic acids is 1. The molecule has 0 atom stereocenters. The number of carboxylic acids is 1. The van der Waals surface area contributed by atoms with Gasteiger partial charge < -0.3 is 14.8 Å². The van der Waals surface area contributed by atoms with Gasteiger partial charge in [0.25, 0.3) is 5.22 Å². The number of carboxylic acid groups (broad SMARTS) is 1. The third-order valence-corrected chi connectivity index (χ3v) is 4.59. The molecule has 1 aromatic heterocycles. The predicted octanol–water partition coefficient (Wildman–Crippen LogP) is 3.93. The van der Waals surface area contributed by atoms with Crippen LogP contribution in [0.3, 0.4) is 0 Å². The van der Waals surface area contributed by atoms with E-state index in [4.69, 9.17) is 9.52 Å². The average Bonchev–Trinajstić information content (AvgIpc) is 3.10. The van der Waals surface area contributed by atoms with E-state index >= 15 is 0 Å². The lowest BCUT2D eigenvalue weighted by atomic mass is 10.2. The molecule has 0 saturated heterocycles. The smallest absolute Gasteiger partial charge is 0.335 e. The Kier molecular flexibility index (Phi) is 5.69. The summed E-state index contributed by atoms with van der Waals surface area (Å²) in [6.07, 6.45) is 0. The highest BCUT2D eigenvalue weighted by molar-refractivity contribution is 9.10. The highest BCUT2D eigenvalue weighted by Gasteiger charge is 2.11. The molecule has 0 bridgehead atoms. The number of aromatic carboxylic acids is 1. The van der Waals surface area contributed by atoms with E-state index in [0.29, 0.717) is 16.8 Å². The van der Waals surface area contributed by atoms with Crippen LogP contribution in [0.25, 0.3) is 11.5 Å². The maximum atomic E-state index is 12.0. The summed E-state index contributed by atoms with van der Waals surface area (Å²) in [4.78, 5) is 22.8. The zero-order chi connectivity index (χ0) is 18.5. The molecular formula is C17H12BrN3O4S. The lowest BCUT2D eigenvalue weighted by Gasteiger charge is -2.04. The number of halogens is 1. The van der Waals surface area contributed by atoms with Gasteiger partial charge >= 0.3 is 5.97 Å². The lowest BCUT2D eigenvalue weighted by Crippen LogP contribution is -2.14. The summed E-state index contributed by atoms with van der Waals surface area (Å²) in [5.41, 5.74) is 1.46. The van der Waals surface area contributed by atoms with Crippen molar-refractivity contribution >= 4 is 45.3 Å². The molecule has 0 aliphatic heterocycles. The van der Waals surface area contributed by atoms with E-state index in [2.05, 4.69) is 31.4 Å². The number of thioether (sulfide) groups is 1. The number of aromatic nitrogens is 2. The van der Waals surface area contributed by atoms with Gasteiger partial charge in [0.1, 0.15) is 0 Å². The number of nitrogens with one attached hydrogen (secondary N) is 1. The molecule has 0 fully saturated rings. The molecule has 26 heavy (non-hydrogen) atoms. The summed E-state index contributed by atoms with van der Waals surface area (Å²) < 4.78 is 6.48. The molecule has 0 spiro atoms. The quantitative estimate of drug-likeness (QED) is 0.567. The summed E-state index contributed by atoms with van der Waals surface area (Å²) in [7, 11) is 0. The lowest BCUT2D eigenvalue weighted by molar-refractivity contribution is -0.113. The van der Waals surface area contributed by atoms with E-state index in [0.717, 1.165) is 21.8 Å². The molecule has 0 radical (unpaired) electrons. The second-order valence-corrected chi connectivity index (χ2v) is 6.94. The Morgan fingerprint density at radius 2 is 1.77 bits per heavy atom. The van der Waals surface area contributed by atoms with Crippen molar-refractivity contribution in [3.05, 3.63) is 58.6 Å². The van der Waals surface area contributed by atoms with Crippen molar-refractivity contribution in [2.24, 2.45) is 0 Å². The Balaban J connectivity index is 1.54. The van der Waals surface area contributed by atoms with Crippen molar-refractivity contribution in [1.29, 1.82) is 0 Å². The maximum absolute atomic E-state index is 12.0. The largest absolute Gasteiger partial charge is 0.478 e. The van der Waals surface area contributed by atoms with Crippen LogP contribution in [0.15, 0.2) is 62.6 Å². The molecule has 0 aliphatic carbocycles. The van der Waals surface area contributed by atoms with Crippen LogP contribution < -0.4 is 5.32 Å². The van der Waals surface area contributed by atoms with E-state index in [9.17, 15) is 9.59 Å². The molecule has 2 aromatic carbocycles. The standard InChI is InChI=1S/C17H12BrN3O4S/c18-12-5-1-10(2-6-12)15-20-21-17(25-15)26-9-14(22)19-13-7-3-11(4-8-13)16(23)24/h1-8H,9H2,(H,19,22)(H,23,24). The summed E-state index contributed by atoms with van der Waals surface area (Å²) in [6, 6.07) is 13.3. The number of anilines is 1. The number of hydrogen-bond donors (Lipinski definition) is 2. The van der Waals surface area contributed by atoms with Crippen LogP contribution in [0.4, 0.5) is 5.69 Å². The molecule has 3 aromatic rings. The molecule has 2 N–H and O–H groups in total. The third-order valence-electron chi connectivity index (χ3n) is 3.24. The maximum Gasteiger partial charge on any atom is 0.335 e. The van der Waals surface area contributed by atoms with Crippen molar-refractivity contribution in [1.82, 2.24) is 10.2 Å². The Labute approximate surface area is 161 Å². The van der Waals surface area contributed by atoms with Crippen molar-refractivity contribution in [2.75, 3.05) is 11.1 Å². The highest BCUT2D eigenvalue weighted by Crippen LogP contribution is 2.24. The fraction of sp³-hybridized carbons (Fsp3) is 0.0588. The Hall–Kier alpha value is -2.65. The Morgan fingerprint density at radius 1 is 1.08 bits per heavy atom. The number of amides is 1. The number of benzene rings is 2. The Morgan fingerprint density at radius 3 is 2.42 bits per heavy atom. The van der Waals surface area contributed by atoms with Gasteiger partial charge in [-0.05, 0) is 48.5 Å². The van der Waals surface area contributed by atoms with E-state index in [1.54, 1.807) is 0 Å². The zero-order valence-corrected chi connectivity index (χ0v) is 15.6. The van der Waals surface area contributed by atoms with Crippen molar-refractivity contribution in [2.45, 2.75) is 5.22 Å². The molecule has 132 valence electrons. The average molecular weight is 434 g/mol. The summed E-state index contributed by atoms with van der Waals surface area (Å²) in [6.45, 7) is 0. The van der Waals surface area contributed by atoms with Gasteiger partial charge in [0, 0.05) is 15.7 Å². The van der Waals surface area contributed by atoms with Crippen LogP contribution in [0, 0.1) is 0 Å². The zero-order valence-electron chi connectivity index (χ0n) is 13.2. The van der Waals surface area contributed by atoms with Gasteiger partial charge in [0.2, 0.25) is 11.8 Å². The number of rotatable bonds is 6. The molecule has 0 aliphatic rings. The van der Waals surface area contributed by atoms with E-state index < -0.39 is 5.97 Å². The second-order valence-electron chi connectivity index (χ2n) is 5.10. The highest BCUT2D eigenvalue weighted by atomic mass is 79.9. The van der Waals surface area contributed by atoms with E-state index in [-0.39, 0.29) is 17.2 Å². The number of carbonyl (C=O) groups is 2. The molecule has 7 nitrogen and oxygen atoms in total. The first-order valence-corrected chi connectivity index (χ1v) is 9.14. The minimum absolute atomic E-state index is 0.0860. The normalized spacial score (nSPS) is 10.5. The number of hydrogen-bond acceptors (Lipinski definition) is 6. The van der Waals surface area contributed by atoms with Crippen LogP contribution >= 0.6 is 27.7 Å². The third kappa shape index (κ3) is 4.70. The van der Waals surface area contributed by atoms with Gasteiger partial charge in [0.05, 0.1) is 11.3 Å². The summed E-state index contributed by atoms with van der Waals surface area (Å²) >= 11 is 4.48. The van der Waals surface area contributed by atoms with Crippen LogP contribution in [0.5, 0.6) is 0 Å². The molecule has 0 unspecified atom stereocenters. The van der Waals surface area contributed by atoms with Gasteiger partial charge in [-0.3, -0.25) is 4.79 Å². The Bertz CT molecular complexity index is 926. The van der Waals surface area contributed by atoms with Gasteiger partial charge in [-0.1, -0.05) is 27.7 Å². The van der Waals surface area contributed by atoms with Crippen molar-refractivity contribution in [3.63, 3.8) is 0 Å². The minimum Gasteiger partial charge on any atom is -0.478 e. The van der Waals surface area contributed by atoms with Crippen LogP contribution in [0.2, 0.25) is 0 Å². The van der Waals surface area contributed by atoms with Crippen molar-refractivity contribution < 1.29 is 19.1 Å².